The molecule has 8 heteroatoms. The number of esters is 1. The van der Waals surface area contributed by atoms with Gasteiger partial charge < -0.3 is 29.9 Å². The van der Waals surface area contributed by atoms with Crippen LogP contribution in [0.5, 0.6) is 0 Å². The molecule has 0 radical (unpaired) electrons. The molecule has 0 spiro atoms. The largest absolute Gasteiger partial charge is 0.462 e. The molecule has 1 aliphatic rings. The molecule has 7 nitrogen and oxygen atoms in total. The number of aliphatic hydroxyl groups is 4. The van der Waals surface area contributed by atoms with Crippen molar-refractivity contribution < 1.29 is 39.1 Å². The third-order valence-electron chi connectivity index (χ3n) is 5.01. The first-order chi connectivity index (χ1) is 13.8. The first kappa shape index (κ1) is 21.4. The van der Waals surface area contributed by atoms with Crippen LogP contribution in [0.2, 0.25) is 0 Å². The van der Waals surface area contributed by atoms with Crippen LogP contribution in [-0.2, 0) is 14.3 Å². The molecule has 0 saturated carbocycles. The lowest BCUT2D eigenvalue weighted by Crippen LogP contribution is -2.58. The van der Waals surface area contributed by atoms with Crippen LogP contribution in [-0.4, -0.2) is 63.7 Å². The van der Waals surface area contributed by atoms with Crippen molar-refractivity contribution in [3.63, 3.8) is 0 Å². The minimum atomic E-state index is -1.71. The zero-order valence-corrected chi connectivity index (χ0v) is 15.7. The van der Waals surface area contributed by atoms with E-state index in [9.17, 15) is 29.6 Å². The fourth-order valence-corrected chi connectivity index (χ4v) is 3.15. The van der Waals surface area contributed by atoms with Crippen LogP contribution in [0, 0.1) is 5.82 Å². The summed E-state index contributed by atoms with van der Waals surface area (Å²) in [6.07, 6.45) is -7.77. The Bertz CT molecular complexity index is 844. The maximum atomic E-state index is 14.5. The summed E-state index contributed by atoms with van der Waals surface area (Å²) in [5, 5.41) is 38.5. The molecule has 6 atom stereocenters. The van der Waals surface area contributed by atoms with Gasteiger partial charge in [-0.1, -0.05) is 42.5 Å². The highest BCUT2D eigenvalue weighted by Gasteiger charge is 2.43. The minimum Gasteiger partial charge on any atom is -0.462 e. The number of rotatable bonds is 5. The Balaban J connectivity index is 1.64. The average molecular weight is 406 g/mol. The topological polar surface area (TPSA) is 116 Å². The van der Waals surface area contributed by atoms with Gasteiger partial charge in [0.05, 0.1) is 5.92 Å². The number of hydrogen-bond acceptors (Lipinski definition) is 7. The molecule has 0 aliphatic carbocycles. The predicted molar refractivity (Wildman–Crippen MR) is 100 cm³/mol. The summed E-state index contributed by atoms with van der Waals surface area (Å²) >= 11 is 0. The van der Waals surface area contributed by atoms with E-state index in [2.05, 4.69) is 0 Å². The summed E-state index contributed by atoms with van der Waals surface area (Å²) in [6, 6.07) is 13.5. The second-order valence-electron chi connectivity index (χ2n) is 6.99. The van der Waals surface area contributed by atoms with Gasteiger partial charge in [-0.25, -0.2) is 4.39 Å². The van der Waals surface area contributed by atoms with Gasteiger partial charge in [-0.3, -0.25) is 4.79 Å². The molecule has 1 fully saturated rings. The summed E-state index contributed by atoms with van der Waals surface area (Å²) in [7, 11) is 0. The quantitative estimate of drug-likeness (QED) is 0.546. The predicted octanol–water partition coefficient (Wildman–Crippen LogP) is 0.939. The van der Waals surface area contributed by atoms with Gasteiger partial charge in [0.2, 0.25) is 0 Å². The molecule has 3 rings (SSSR count). The molecule has 1 saturated heterocycles. The van der Waals surface area contributed by atoms with Gasteiger partial charge in [-0.05, 0) is 24.1 Å². The lowest BCUT2D eigenvalue weighted by molar-refractivity contribution is -0.287. The van der Waals surface area contributed by atoms with E-state index in [1.54, 1.807) is 43.3 Å². The fourth-order valence-electron chi connectivity index (χ4n) is 3.15. The minimum absolute atomic E-state index is 0.410. The highest BCUT2D eigenvalue weighted by Crippen LogP contribution is 2.27. The van der Waals surface area contributed by atoms with Gasteiger partial charge in [0.25, 0.3) is 0 Å². The van der Waals surface area contributed by atoms with Crippen LogP contribution in [0.15, 0.2) is 48.5 Å². The Morgan fingerprint density at radius 2 is 1.76 bits per heavy atom. The Hall–Kier alpha value is -2.36. The lowest BCUT2D eigenvalue weighted by atomic mass is 9.97. The van der Waals surface area contributed by atoms with Gasteiger partial charge in [0, 0.05) is 5.56 Å². The number of ether oxygens (including phenoxy) is 2. The molecule has 29 heavy (non-hydrogen) atoms. The molecule has 156 valence electrons. The van der Waals surface area contributed by atoms with Crippen molar-refractivity contribution in [2.45, 2.75) is 43.5 Å². The van der Waals surface area contributed by atoms with E-state index in [0.717, 1.165) is 5.56 Å². The standard InChI is InChI=1S/C21H23FO7/c1-11(13-7-8-14(15(22)9-13)12-5-3-2-4-6-12)20(26)28-10-16-17(23)18(24)19(25)21(27)29-16/h2-9,11,16-19,21,23-25,27H,10H2,1H3/t11?,16?,17-,18?,19?,21-/m0/s1. The normalized spacial score (nSPS) is 28.0. The monoisotopic (exact) mass is 406 g/mol. The molecule has 0 amide bonds. The summed E-state index contributed by atoms with van der Waals surface area (Å²) in [6.45, 7) is 1.10. The van der Waals surface area contributed by atoms with Crippen LogP contribution in [0.4, 0.5) is 4.39 Å². The maximum absolute atomic E-state index is 14.5. The average Bonchev–Trinajstić information content (AvgIpc) is 2.73. The van der Waals surface area contributed by atoms with Crippen LogP contribution >= 0.6 is 0 Å². The van der Waals surface area contributed by atoms with Crippen molar-refractivity contribution in [1.82, 2.24) is 0 Å². The maximum Gasteiger partial charge on any atom is 0.313 e. The van der Waals surface area contributed by atoms with Crippen molar-refractivity contribution >= 4 is 5.97 Å². The van der Waals surface area contributed by atoms with E-state index in [0.29, 0.717) is 11.1 Å². The Morgan fingerprint density at radius 1 is 1.07 bits per heavy atom. The van der Waals surface area contributed by atoms with Crippen LogP contribution in [0.25, 0.3) is 11.1 Å². The third kappa shape index (κ3) is 4.63. The number of aliphatic hydroxyl groups excluding tert-OH is 4. The molecule has 4 unspecified atom stereocenters. The summed E-state index contributed by atoms with van der Waals surface area (Å²) < 4.78 is 24.6. The van der Waals surface area contributed by atoms with Crippen molar-refractivity contribution in [3.8, 4) is 11.1 Å². The summed E-state index contributed by atoms with van der Waals surface area (Å²) in [5.74, 6) is -1.96. The van der Waals surface area contributed by atoms with Gasteiger partial charge in [0.15, 0.2) is 6.29 Å². The number of benzene rings is 2. The first-order valence-electron chi connectivity index (χ1n) is 9.19. The van der Waals surface area contributed by atoms with E-state index in [1.165, 1.54) is 6.07 Å². The molecular formula is C21H23FO7. The Morgan fingerprint density at radius 3 is 2.41 bits per heavy atom. The van der Waals surface area contributed by atoms with Gasteiger partial charge in [-0.2, -0.15) is 0 Å². The number of halogens is 1. The first-order valence-corrected chi connectivity index (χ1v) is 9.19. The van der Waals surface area contributed by atoms with Crippen molar-refractivity contribution in [3.05, 3.63) is 59.9 Å². The molecule has 0 bridgehead atoms. The SMILES string of the molecule is CC(C(=O)OCC1O[C@H](O)C(O)C(O)[C@H]1O)c1ccc(-c2ccccc2)c(F)c1. The van der Waals surface area contributed by atoms with E-state index in [4.69, 9.17) is 9.47 Å². The number of carbonyl (C=O) groups is 1. The van der Waals surface area contributed by atoms with E-state index in [1.807, 2.05) is 6.07 Å². The molecule has 4 N–H and O–H groups in total. The molecule has 2 aromatic carbocycles. The fraction of sp³-hybridized carbons (Fsp3) is 0.381. The Kier molecular flexibility index (Phi) is 6.61. The van der Waals surface area contributed by atoms with Crippen LogP contribution in [0.3, 0.4) is 0 Å². The number of carbonyl (C=O) groups excluding carboxylic acids is 1. The Labute approximate surface area is 166 Å². The van der Waals surface area contributed by atoms with Crippen molar-refractivity contribution in [2.75, 3.05) is 6.61 Å². The zero-order chi connectivity index (χ0) is 21.1. The van der Waals surface area contributed by atoms with E-state index < -0.39 is 55.0 Å². The lowest BCUT2D eigenvalue weighted by Gasteiger charge is -2.38. The van der Waals surface area contributed by atoms with Crippen LogP contribution < -0.4 is 0 Å². The second-order valence-corrected chi connectivity index (χ2v) is 6.99. The van der Waals surface area contributed by atoms with E-state index in [-0.39, 0.29) is 0 Å². The smallest absolute Gasteiger partial charge is 0.313 e. The third-order valence-corrected chi connectivity index (χ3v) is 5.01. The molecule has 1 heterocycles. The highest BCUT2D eigenvalue weighted by molar-refractivity contribution is 5.78. The zero-order valence-electron chi connectivity index (χ0n) is 15.7. The number of hydrogen-bond donors (Lipinski definition) is 4. The second kappa shape index (κ2) is 8.98. The highest BCUT2D eigenvalue weighted by atomic mass is 19.1. The van der Waals surface area contributed by atoms with Crippen molar-refractivity contribution in [2.24, 2.45) is 0 Å². The van der Waals surface area contributed by atoms with Crippen LogP contribution in [0.1, 0.15) is 18.4 Å². The van der Waals surface area contributed by atoms with Gasteiger partial charge >= 0.3 is 5.97 Å². The molecule has 2 aromatic rings. The molecular weight excluding hydrogens is 383 g/mol. The summed E-state index contributed by atoms with van der Waals surface area (Å²) in [5.41, 5.74) is 1.54. The molecule has 1 aliphatic heterocycles. The van der Waals surface area contributed by atoms with Gasteiger partial charge in [-0.15, -0.1) is 0 Å². The summed E-state index contributed by atoms with van der Waals surface area (Å²) in [4.78, 5) is 12.3. The van der Waals surface area contributed by atoms with Crippen molar-refractivity contribution in [1.29, 1.82) is 0 Å². The van der Waals surface area contributed by atoms with E-state index >= 15 is 0 Å². The van der Waals surface area contributed by atoms with Gasteiger partial charge in [0.1, 0.15) is 36.8 Å². The molecule has 0 aromatic heterocycles.